The van der Waals surface area contributed by atoms with Crippen LogP contribution in [0.5, 0.6) is 0 Å². The summed E-state index contributed by atoms with van der Waals surface area (Å²) in [7, 11) is 0. The van der Waals surface area contributed by atoms with Crippen LogP contribution in [-0.2, 0) is 12.7 Å². The average molecular weight is 328 g/mol. The lowest BCUT2D eigenvalue weighted by Crippen LogP contribution is -2.42. The summed E-state index contributed by atoms with van der Waals surface area (Å²) in [6.07, 6.45) is -4.35. The Bertz CT molecular complexity index is 622. The van der Waals surface area contributed by atoms with Gasteiger partial charge in [0.25, 0.3) is 0 Å². The van der Waals surface area contributed by atoms with Crippen LogP contribution in [0.4, 0.5) is 13.2 Å². The van der Waals surface area contributed by atoms with E-state index in [1.807, 2.05) is 0 Å². The molecule has 0 amide bonds. The fourth-order valence-electron chi connectivity index (χ4n) is 2.49. The Labute approximate surface area is 130 Å². The van der Waals surface area contributed by atoms with Gasteiger partial charge in [-0.05, 0) is 17.7 Å². The van der Waals surface area contributed by atoms with Gasteiger partial charge in [-0.3, -0.25) is 4.90 Å². The maximum Gasteiger partial charge on any atom is 0.416 e. The van der Waals surface area contributed by atoms with Crippen molar-refractivity contribution in [1.82, 2.24) is 20.4 Å². The molecule has 22 heavy (non-hydrogen) atoms. The maximum absolute atomic E-state index is 12.9. The highest BCUT2D eigenvalue weighted by atomic mass is 32.1. The minimum Gasteiger partial charge on any atom is -0.314 e. The fraction of sp³-hybridized carbons (Fsp3) is 0.429. The molecule has 1 fully saturated rings. The lowest BCUT2D eigenvalue weighted by atomic mass is 10.0. The van der Waals surface area contributed by atoms with Crippen LogP contribution in [-0.4, -0.2) is 41.3 Å². The summed E-state index contributed by atoms with van der Waals surface area (Å²) in [5.41, 5.74) is 2.26. The maximum atomic E-state index is 12.9. The van der Waals surface area contributed by atoms with E-state index in [0.717, 1.165) is 37.8 Å². The van der Waals surface area contributed by atoms with Gasteiger partial charge in [-0.25, -0.2) is 0 Å². The third-order valence-electron chi connectivity index (χ3n) is 3.63. The molecule has 3 rings (SSSR count). The van der Waals surface area contributed by atoms with Crippen LogP contribution in [0.1, 0.15) is 11.1 Å². The number of nitrogens with zero attached hydrogens (tertiary/aromatic N) is 3. The first-order chi connectivity index (χ1) is 10.5. The molecule has 1 aliphatic heterocycles. The summed E-state index contributed by atoms with van der Waals surface area (Å²) < 4.78 is 38.8. The molecule has 1 aromatic heterocycles. The summed E-state index contributed by atoms with van der Waals surface area (Å²) in [4.78, 5) is 2.23. The van der Waals surface area contributed by atoms with Crippen LogP contribution >= 0.6 is 11.3 Å². The molecule has 1 aromatic carbocycles. The highest BCUT2D eigenvalue weighted by Crippen LogP contribution is 2.34. The number of nitrogens with one attached hydrogen (secondary N) is 1. The first kappa shape index (κ1) is 15.4. The normalized spacial score (nSPS) is 16.9. The average Bonchev–Trinajstić information content (AvgIpc) is 3.01. The van der Waals surface area contributed by atoms with Crippen molar-refractivity contribution in [2.24, 2.45) is 0 Å². The van der Waals surface area contributed by atoms with Crippen LogP contribution in [0.15, 0.2) is 23.7 Å². The lowest BCUT2D eigenvalue weighted by Gasteiger charge is -2.28. The molecule has 1 N–H and O–H groups in total. The molecular weight excluding hydrogens is 313 g/mol. The van der Waals surface area contributed by atoms with Gasteiger partial charge in [0.15, 0.2) is 0 Å². The zero-order valence-corrected chi connectivity index (χ0v) is 12.5. The molecule has 1 saturated heterocycles. The van der Waals surface area contributed by atoms with Crippen molar-refractivity contribution in [3.8, 4) is 10.6 Å². The van der Waals surface area contributed by atoms with Gasteiger partial charge in [0, 0.05) is 38.3 Å². The molecule has 2 heterocycles. The predicted octanol–water partition coefficient (Wildman–Crippen LogP) is 2.63. The second-order valence-corrected chi connectivity index (χ2v) is 5.97. The van der Waals surface area contributed by atoms with Crippen molar-refractivity contribution in [3.63, 3.8) is 0 Å². The number of piperazine rings is 1. The molecule has 0 spiro atoms. The van der Waals surface area contributed by atoms with Gasteiger partial charge < -0.3 is 5.32 Å². The topological polar surface area (TPSA) is 41.0 Å². The molecule has 0 bridgehead atoms. The first-order valence-corrected chi connectivity index (χ1v) is 7.82. The third-order valence-corrected chi connectivity index (χ3v) is 4.36. The molecule has 8 heteroatoms. The number of hydrogen-bond donors (Lipinski definition) is 1. The summed E-state index contributed by atoms with van der Waals surface area (Å²) in [6.45, 7) is 4.19. The van der Waals surface area contributed by atoms with E-state index >= 15 is 0 Å². The van der Waals surface area contributed by atoms with Crippen molar-refractivity contribution in [2.75, 3.05) is 26.2 Å². The van der Waals surface area contributed by atoms with Crippen molar-refractivity contribution < 1.29 is 13.2 Å². The molecule has 0 radical (unpaired) electrons. The van der Waals surface area contributed by atoms with Crippen molar-refractivity contribution in [3.05, 3.63) is 34.8 Å². The van der Waals surface area contributed by atoms with Crippen LogP contribution in [0.25, 0.3) is 10.6 Å². The minimum atomic E-state index is -4.35. The Morgan fingerprint density at radius 3 is 2.64 bits per heavy atom. The van der Waals surface area contributed by atoms with Gasteiger partial charge in [0.1, 0.15) is 10.5 Å². The van der Waals surface area contributed by atoms with Crippen molar-refractivity contribution in [2.45, 2.75) is 12.7 Å². The summed E-state index contributed by atoms with van der Waals surface area (Å²) >= 11 is 1.25. The van der Waals surface area contributed by atoms with Crippen LogP contribution in [0.3, 0.4) is 0 Å². The Hall–Kier alpha value is -1.51. The molecule has 4 nitrogen and oxygen atoms in total. The SMILES string of the molecule is FC(F)(F)c1ccc(CN2CCNCC2)c(-c2nncs2)c1. The lowest BCUT2D eigenvalue weighted by molar-refractivity contribution is -0.137. The molecule has 0 unspecified atom stereocenters. The molecule has 1 aliphatic rings. The largest absolute Gasteiger partial charge is 0.416 e. The summed E-state index contributed by atoms with van der Waals surface area (Å²) in [6, 6.07) is 3.88. The van der Waals surface area contributed by atoms with Gasteiger partial charge in [-0.1, -0.05) is 17.4 Å². The van der Waals surface area contributed by atoms with Crippen molar-refractivity contribution in [1.29, 1.82) is 0 Å². The Kier molecular flexibility index (Phi) is 4.42. The summed E-state index contributed by atoms with van der Waals surface area (Å²) in [5.74, 6) is 0. The summed E-state index contributed by atoms with van der Waals surface area (Å²) in [5, 5.41) is 11.5. The van der Waals surface area contributed by atoms with E-state index < -0.39 is 11.7 Å². The van der Waals surface area contributed by atoms with Crippen LogP contribution < -0.4 is 5.32 Å². The standard InChI is InChI=1S/C14H15F3N4S/c15-14(16,17)11-2-1-10(8-21-5-3-18-4-6-21)12(7-11)13-20-19-9-22-13/h1-2,7,9,18H,3-6,8H2. The Morgan fingerprint density at radius 1 is 1.23 bits per heavy atom. The van der Waals surface area contributed by atoms with E-state index in [9.17, 15) is 13.2 Å². The quantitative estimate of drug-likeness (QED) is 0.940. The van der Waals surface area contributed by atoms with E-state index in [-0.39, 0.29) is 0 Å². The number of rotatable bonds is 3. The zero-order valence-electron chi connectivity index (χ0n) is 11.7. The smallest absolute Gasteiger partial charge is 0.314 e. The molecular formula is C14H15F3N4S. The third kappa shape index (κ3) is 3.45. The van der Waals surface area contributed by atoms with E-state index in [4.69, 9.17) is 0 Å². The highest BCUT2D eigenvalue weighted by Gasteiger charge is 2.31. The molecule has 0 saturated carbocycles. The molecule has 0 aliphatic carbocycles. The van der Waals surface area contributed by atoms with Gasteiger partial charge in [0.2, 0.25) is 0 Å². The Morgan fingerprint density at radius 2 is 2.00 bits per heavy atom. The van der Waals surface area contributed by atoms with E-state index in [2.05, 4.69) is 20.4 Å². The molecule has 118 valence electrons. The second kappa shape index (κ2) is 6.31. The van der Waals surface area contributed by atoms with E-state index in [1.54, 1.807) is 6.07 Å². The van der Waals surface area contributed by atoms with Crippen molar-refractivity contribution >= 4 is 11.3 Å². The van der Waals surface area contributed by atoms with Gasteiger partial charge in [-0.15, -0.1) is 10.2 Å². The predicted molar refractivity (Wildman–Crippen MR) is 78.5 cm³/mol. The Balaban J connectivity index is 1.94. The van der Waals surface area contributed by atoms with E-state index in [1.165, 1.54) is 22.9 Å². The van der Waals surface area contributed by atoms with E-state index in [0.29, 0.717) is 17.1 Å². The molecule has 2 aromatic rings. The number of halogens is 3. The number of benzene rings is 1. The van der Waals surface area contributed by atoms with Gasteiger partial charge >= 0.3 is 6.18 Å². The number of alkyl halides is 3. The van der Waals surface area contributed by atoms with Gasteiger partial charge in [-0.2, -0.15) is 13.2 Å². The fourth-order valence-corrected chi connectivity index (χ4v) is 3.10. The zero-order chi connectivity index (χ0) is 15.6. The monoisotopic (exact) mass is 328 g/mol. The minimum absolute atomic E-state index is 0.524. The highest BCUT2D eigenvalue weighted by molar-refractivity contribution is 7.12. The molecule has 0 atom stereocenters. The number of hydrogen-bond acceptors (Lipinski definition) is 5. The second-order valence-electron chi connectivity index (χ2n) is 5.14. The van der Waals surface area contributed by atoms with Gasteiger partial charge in [0.05, 0.1) is 5.56 Å². The van der Waals surface area contributed by atoms with Crippen LogP contribution in [0.2, 0.25) is 0 Å². The first-order valence-electron chi connectivity index (χ1n) is 6.94. The number of aromatic nitrogens is 2. The van der Waals surface area contributed by atoms with Crippen LogP contribution in [0, 0.1) is 0 Å².